The second kappa shape index (κ2) is 6.45. The molecule has 6 nitrogen and oxygen atoms in total. The Bertz CT molecular complexity index is 681. The van der Waals surface area contributed by atoms with E-state index in [0.29, 0.717) is 16.8 Å². The van der Waals surface area contributed by atoms with E-state index in [9.17, 15) is 14.9 Å². The van der Waals surface area contributed by atoms with Crippen molar-refractivity contribution in [2.24, 2.45) is 0 Å². The zero-order valence-corrected chi connectivity index (χ0v) is 12.5. The number of esters is 1. The third kappa shape index (κ3) is 3.63. The number of aryl methyl sites for hydroxylation is 2. The Morgan fingerprint density at radius 3 is 2.81 bits per heavy atom. The summed E-state index contributed by atoms with van der Waals surface area (Å²) >= 11 is 1.53. The minimum absolute atomic E-state index is 0.0151. The highest BCUT2D eigenvalue weighted by Gasteiger charge is 2.15. The SMILES string of the molecule is CCc1nc(COC(=O)c2ccc([N+](=O)[O-])c(C)c2)cs1. The predicted octanol–water partition coefficient (Wildman–Crippen LogP) is 3.28. The summed E-state index contributed by atoms with van der Waals surface area (Å²) in [5, 5.41) is 13.6. The fraction of sp³-hybridized carbons (Fsp3) is 0.286. The Morgan fingerprint density at radius 1 is 1.48 bits per heavy atom. The van der Waals surface area contributed by atoms with Crippen LogP contribution in [0.3, 0.4) is 0 Å². The van der Waals surface area contributed by atoms with Crippen LogP contribution in [0.15, 0.2) is 23.6 Å². The topological polar surface area (TPSA) is 82.3 Å². The number of thiazole rings is 1. The first-order valence-corrected chi connectivity index (χ1v) is 7.24. The lowest BCUT2D eigenvalue weighted by molar-refractivity contribution is -0.385. The smallest absolute Gasteiger partial charge is 0.338 e. The Morgan fingerprint density at radius 2 is 2.24 bits per heavy atom. The van der Waals surface area contributed by atoms with Crippen molar-refractivity contribution in [2.45, 2.75) is 26.9 Å². The molecule has 0 amide bonds. The second-order valence-corrected chi connectivity index (χ2v) is 5.36. The first-order valence-electron chi connectivity index (χ1n) is 6.36. The molecule has 1 aromatic heterocycles. The molecule has 0 saturated heterocycles. The van der Waals surface area contributed by atoms with Crippen molar-refractivity contribution in [1.29, 1.82) is 0 Å². The minimum atomic E-state index is -0.515. The molecule has 0 aliphatic rings. The number of hydrogen-bond acceptors (Lipinski definition) is 6. The van der Waals surface area contributed by atoms with Gasteiger partial charge < -0.3 is 4.74 Å². The number of carbonyl (C=O) groups excluding carboxylic acids is 1. The minimum Gasteiger partial charge on any atom is -0.456 e. The third-order valence-electron chi connectivity index (χ3n) is 2.88. The van der Waals surface area contributed by atoms with Gasteiger partial charge in [0, 0.05) is 17.0 Å². The monoisotopic (exact) mass is 306 g/mol. The maximum atomic E-state index is 11.9. The van der Waals surface area contributed by atoms with E-state index in [0.717, 1.165) is 11.4 Å². The highest BCUT2D eigenvalue weighted by Crippen LogP contribution is 2.19. The van der Waals surface area contributed by atoms with Gasteiger partial charge in [-0.1, -0.05) is 6.92 Å². The Kier molecular flexibility index (Phi) is 4.64. The normalized spacial score (nSPS) is 10.4. The molecular weight excluding hydrogens is 292 g/mol. The molecule has 1 aromatic carbocycles. The van der Waals surface area contributed by atoms with Crippen molar-refractivity contribution >= 4 is 23.0 Å². The molecule has 7 heteroatoms. The lowest BCUT2D eigenvalue weighted by Gasteiger charge is -2.04. The van der Waals surface area contributed by atoms with Crippen LogP contribution < -0.4 is 0 Å². The Hall–Kier alpha value is -2.28. The van der Waals surface area contributed by atoms with Crippen LogP contribution in [-0.4, -0.2) is 15.9 Å². The van der Waals surface area contributed by atoms with Crippen LogP contribution in [0.1, 0.15) is 33.5 Å². The summed E-state index contributed by atoms with van der Waals surface area (Å²) in [6.45, 7) is 3.70. The van der Waals surface area contributed by atoms with Crippen molar-refractivity contribution in [3.8, 4) is 0 Å². The van der Waals surface area contributed by atoms with Gasteiger partial charge in [-0.15, -0.1) is 11.3 Å². The molecule has 0 unspecified atom stereocenters. The van der Waals surface area contributed by atoms with E-state index in [4.69, 9.17) is 4.74 Å². The van der Waals surface area contributed by atoms with Crippen LogP contribution in [0.4, 0.5) is 5.69 Å². The molecule has 110 valence electrons. The highest BCUT2D eigenvalue weighted by atomic mass is 32.1. The van der Waals surface area contributed by atoms with Gasteiger partial charge in [0.1, 0.15) is 6.61 Å². The van der Waals surface area contributed by atoms with E-state index in [-0.39, 0.29) is 12.3 Å². The summed E-state index contributed by atoms with van der Waals surface area (Å²) < 4.78 is 5.16. The average Bonchev–Trinajstić information content (AvgIpc) is 2.92. The highest BCUT2D eigenvalue weighted by molar-refractivity contribution is 7.09. The van der Waals surface area contributed by atoms with Gasteiger partial charge in [-0.25, -0.2) is 9.78 Å². The summed E-state index contributed by atoms with van der Waals surface area (Å²) in [5.74, 6) is -0.515. The van der Waals surface area contributed by atoms with Gasteiger partial charge >= 0.3 is 5.97 Å². The van der Waals surface area contributed by atoms with Gasteiger partial charge in [0.05, 0.1) is 21.2 Å². The number of ether oxygens (including phenoxy) is 1. The van der Waals surface area contributed by atoms with Crippen molar-refractivity contribution in [3.05, 3.63) is 55.5 Å². The van der Waals surface area contributed by atoms with Gasteiger partial charge in [-0.3, -0.25) is 10.1 Å². The number of nitrogens with zero attached hydrogens (tertiary/aromatic N) is 2. The van der Waals surface area contributed by atoms with Gasteiger partial charge in [-0.2, -0.15) is 0 Å². The van der Waals surface area contributed by atoms with Gasteiger partial charge in [0.2, 0.25) is 0 Å². The van der Waals surface area contributed by atoms with Crippen molar-refractivity contribution < 1.29 is 14.5 Å². The van der Waals surface area contributed by atoms with E-state index < -0.39 is 10.9 Å². The van der Waals surface area contributed by atoms with Gasteiger partial charge in [-0.05, 0) is 25.5 Å². The average molecular weight is 306 g/mol. The molecular formula is C14H14N2O4S. The summed E-state index contributed by atoms with van der Waals surface area (Å²) in [6, 6.07) is 4.16. The van der Waals surface area contributed by atoms with Crippen LogP contribution in [0.25, 0.3) is 0 Å². The standard InChI is InChI=1S/C14H14N2O4S/c1-3-13-15-11(8-21-13)7-20-14(17)10-4-5-12(16(18)19)9(2)6-10/h4-6,8H,3,7H2,1-2H3. The zero-order chi connectivity index (χ0) is 15.4. The molecule has 21 heavy (non-hydrogen) atoms. The van der Waals surface area contributed by atoms with E-state index in [1.807, 2.05) is 12.3 Å². The number of hydrogen-bond donors (Lipinski definition) is 0. The van der Waals surface area contributed by atoms with Crippen LogP contribution in [0.5, 0.6) is 0 Å². The molecule has 0 N–H and O–H groups in total. The molecule has 0 bridgehead atoms. The first kappa shape index (κ1) is 15.1. The fourth-order valence-corrected chi connectivity index (χ4v) is 2.52. The molecule has 0 radical (unpaired) electrons. The summed E-state index contributed by atoms with van der Waals surface area (Å²) in [4.78, 5) is 26.5. The molecule has 0 saturated carbocycles. The largest absolute Gasteiger partial charge is 0.456 e. The van der Waals surface area contributed by atoms with Crippen molar-refractivity contribution in [3.63, 3.8) is 0 Å². The number of carbonyl (C=O) groups is 1. The first-order chi connectivity index (χ1) is 10.0. The molecule has 2 aromatic rings. The predicted molar refractivity (Wildman–Crippen MR) is 78.4 cm³/mol. The van der Waals surface area contributed by atoms with E-state index in [2.05, 4.69) is 4.98 Å². The summed E-state index contributed by atoms with van der Waals surface area (Å²) in [7, 11) is 0. The van der Waals surface area contributed by atoms with Crippen LogP contribution >= 0.6 is 11.3 Å². The van der Waals surface area contributed by atoms with Crippen LogP contribution in [0, 0.1) is 17.0 Å². The molecule has 1 heterocycles. The van der Waals surface area contributed by atoms with Crippen molar-refractivity contribution in [2.75, 3.05) is 0 Å². The second-order valence-electron chi connectivity index (χ2n) is 4.42. The van der Waals surface area contributed by atoms with Crippen LogP contribution in [0.2, 0.25) is 0 Å². The Labute approximate surface area is 125 Å². The molecule has 0 fully saturated rings. The maximum Gasteiger partial charge on any atom is 0.338 e. The number of nitro benzene ring substituents is 1. The number of benzene rings is 1. The lowest BCUT2D eigenvalue weighted by Crippen LogP contribution is -2.06. The van der Waals surface area contributed by atoms with Gasteiger partial charge in [0.25, 0.3) is 5.69 Å². The summed E-state index contributed by atoms with van der Waals surface area (Å²) in [6.07, 6.45) is 0.847. The number of nitro groups is 1. The fourth-order valence-electron chi connectivity index (χ4n) is 1.79. The Balaban J connectivity index is 2.03. The lowest BCUT2D eigenvalue weighted by atomic mass is 10.1. The zero-order valence-electron chi connectivity index (χ0n) is 11.7. The van der Waals surface area contributed by atoms with E-state index in [1.54, 1.807) is 6.92 Å². The van der Waals surface area contributed by atoms with E-state index in [1.165, 1.54) is 29.5 Å². The molecule has 0 aliphatic heterocycles. The van der Waals surface area contributed by atoms with Gasteiger partial charge in [0.15, 0.2) is 0 Å². The molecule has 0 aliphatic carbocycles. The van der Waals surface area contributed by atoms with E-state index >= 15 is 0 Å². The number of rotatable bonds is 5. The third-order valence-corrected chi connectivity index (χ3v) is 3.92. The molecule has 0 atom stereocenters. The quantitative estimate of drug-likeness (QED) is 0.481. The molecule has 0 spiro atoms. The van der Waals surface area contributed by atoms with Crippen LogP contribution in [-0.2, 0) is 17.8 Å². The number of aromatic nitrogens is 1. The summed E-state index contributed by atoms with van der Waals surface area (Å²) in [5.41, 5.74) is 1.42. The molecule has 2 rings (SSSR count). The maximum absolute atomic E-state index is 11.9. The van der Waals surface area contributed by atoms with Crippen molar-refractivity contribution in [1.82, 2.24) is 4.98 Å².